The molecule has 0 aromatic heterocycles. The molecule has 0 spiro atoms. The van der Waals surface area contributed by atoms with E-state index in [0.717, 1.165) is 12.2 Å². The molecule has 30 heavy (non-hydrogen) atoms. The largest absolute Gasteiger partial charge is 0.487 e. The predicted molar refractivity (Wildman–Crippen MR) is 107 cm³/mol. The van der Waals surface area contributed by atoms with Crippen LogP contribution in [0.1, 0.15) is 13.8 Å². The lowest BCUT2D eigenvalue weighted by Crippen LogP contribution is -2.15. The normalized spacial score (nSPS) is 11.2. The summed E-state index contributed by atoms with van der Waals surface area (Å²) in [4.78, 5) is 47.2. The molecule has 1 aromatic rings. The summed E-state index contributed by atoms with van der Waals surface area (Å²) in [6, 6.07) is 6.14. The Labute approximate surface area is 173 Å². The van der Waals surface area contributed by atoms with E-state index in [1.54, 1.807) is 13.8 Å². The molecule has 10 nitrogen and oxygen atoms in total. The summed E-state index contributed by atoms with van der Waals surface area (Å²) < 4.78 is 19.2. The highest BCUT2D eigenvalue weighted by Crippen LogP contribution is 2.14. The number of benzene rings is 1. The number of rotatable bonds is 10. The molecule has 0 atom stereocenters. The minimum Gasteiger partial charge on any atom is -0.487 e. The van der Waals surface area contributed by atoms with Gasteiger partial charge in [0.25, 0.3) is 11.8 Å². The van der Waals surface area contributed by atoms with Gasteiger partial charge in [-0.05, 0) is 38.1 Å². The van der Waals surface area contributed by atoms with Crippen LogP contribution in [0.4, 0.5) is 11.4 Å². The SMILES string of the molecule is CCO/C(=C/C(=O)Nc1ccc(NC(=O)/C=C(/OCC)C(=O)OC)cc1)C(=O)OC. The van der Waals surface area contributed by atoms with E-state index in [0.29, 0.717) is 11.4 Å². The van der Waals surface area contributed by atoms with E-state index in [1.165, 1.54) is 38.5 Å². The Kier molecular flexibility index (Phi) is 10.2. The van der Waals surface area contributed by atoms with Gasteiger partial charge >= 0.3 is 11.9 Å². The third kappa shape index (κ3) is 8.05. The van der Waals surface area contributed by atoms with Crippen molar-refractivity contribution < 1.29 is 38.1 Å². The van der Waals surface area contributed by atoms with Gasteiger partial charge in [0.2, 0.25) is 11.5 Å². The standard InChI is InChI=1S/C20H24N2O8/c1-5-29-15(19(25)27-3)11-17(23)21-13-7-9-14(10-8-13)22-18(24)12-16(30-6-2)20(26)28-4/h7-12H,5-6H2,1-4H3,(H,21,23)(H,22,24)/b15-11+,16-12+. The summed E-state index contributed by atoms with van der Waals surface area (Å²) in [5.41, 5.74) is 0.824. The highest BCUT2D eigenvalue weighted by Gasteiger charge is 2.14. The van der Waals surface area contributed by atoms with Gasteiger partial charge in [-0.1, -0.05) is 0 Å². The average Bonchev–Trinajstić information content (AvgIpc) is 2.73. The van der Waals surface area contributed by atoms with Crippen molar-refractivity contribution in [1.29, 1.82) is 0 Å². The molecule has 0 radical (unpaired) electrons. The molecule has 0 saturated heterocycles. The zero-order chi connectivity index (χ0) is 22.5. The minimum absolute atomic E-state index is 0.193. The van der Waals surface area contributed by atoms with E-state index in [-0.39, 0.29) is 24.7 Å². The van der Waals surface area contributed by atoms with E-state index in [4.69, 9.17) is 9.47 Å². The third-order valence-corrected chi connectivity index (χ3v) is 3.32. The van der Waals surface area contributed by atoms with Gasteiger partial charge in [-0.2, -0.15) is 0 Å². The van der Waals surface area contributed by atoms with Crippen LogP contribution in [0.15, 0.2) is 47.9 Å². The minimum atomic E-state index is -0.767. The van der Waals surface area contributed by atoms with Crippen molar-refractivity contribution >= 4 is 35.1 Å². The predicted octanol–water partition coefficient (Wildman–Crippen LogP) is 1.75. The van der Waals surface area contributed by atoms with E-state index in [9.17, 15) is 19.2 Å². The molecule has 162 valence electrons. The molecule has 0 saturated carbocycles. The van der Waals surface area contributed by atoms with Crippen LogP contribution in [0.3, 0.4) is 0 Å². The first-order valence-electron chi connectivity index (χ1n) is 8.92. The van der Waals surface area contributed by atoms with Crippen LogP contribution < -0.4 is 10.6 Å². The van der Waals surface area contributed by atoms with Crippen molar-refractivity contribution in [2.45, 2.75) is 13.8 Å². The Balaban J connectivity index is 2.79. The van der Waals surface area contributed by atoms with Crippen molar-refractivity contribution in [3.05, 3.63) is 47.9 Å². The molecule has 0 aliphatic rings. The van der Waals surface area contributed by atoms with Gasteiger partial charge in [-0.3, -0.25) is 9.59 Å². The Morgan fingerprint density at radius 3 is 1.33 bits per heavy atom. The second-order valence-electron chi connectivity index (χ2n) is 5.42. The molecule has 0 aliphatic carbocycles. The zero-order valence-corrected chi connectivity index (χ0v) is 17.1. The third-order valence-electron chi connectivity index (χ3n) is 3.32. The molecule has 2 amide bonds. The van der Waals surface area contributed by atoms with Crippen molar-refractivity contribution in [1.82, 2.24) is 0 Å². The van der Waals surface area contributed by atoms with Gasteiger partial charge < -0.3 is 29.6 Å². The van der Waals surface area contributed by atoms with Gasteiger partial charge in [-0.15, -0.1) is 0 Å². The van der Waals surface area contributed by atoms with E-state index >= 15 is 0 Å². The summed E-state index contributed by atoms with van der Waals surface area (Å²) in [7, 11) is 2.36. The van der Waals surface area contributed by atoms with Gasteiger partial charge in [0, 0.05) is 11.4 Å². The van der Waals surface area contributed by atoms with E-state index in [1.807, 2.05) is 0 Å². The highest BCUT2D eigenvalue weighted by atomic mass is 16.6. The van der Waals surface area contributed by atoms with Gasteiger partial charge in [0.05, 0.1) is 39.6 Å². The Hall–Kier alpha value is -3.82. The Morgan fingerprint density at radius 2 is 1.07 bits per heavy atom. The van der Waals surface area contributed by atoms with Crippen molar-refractivity contribution in [3.63, 3.8) is 0 Å². The van der Waals surface area contributed by atoms with Gasteiger partial charge in [0.15, 0.2) is 0 Å². The topological polar surface area (TPSA) is 129 Å². The summed E-state index contributed by atoms with van der Waals surface area (Å²) in [6.45, 7) is 3.72. The zero-order valence-electron chi connectivity index (χ0n) is 17.1. The smallest absolute Gasteiger partial charge is 0.373 e. The number of amides is 2. The first-order valence-corrected chi connectivity index (χ1v) is 8.92. The number of hydrogen-bond donors (Lipinski definition) is 2. The Morgan fingerprint density at radius 1 is 0.733 bits per heavy atom. The quantitative estimate of drug-likeness (QED) is 0.333. The number of carbonyl (C=O) groups is 4. The molecular weight excluding hydrogens is 396 g/mol. The summed E-state index contributed by atoms with van der Waals surface area (Å²) >= 11 is 0. The van der Waals surface area contributed by atoms with Crippen LogP contribution in [0.2, 0.25) is 0 Å². The fourth-order valence-electron chi connectivity index (χ4n) is 2.06. The van der Waals surface area contributed by atoms with Crippen molar-refractivity contribution in [2.24, 2.45) is 0 Å². The van der Waals surface area contributed by atoms with Crippen molar-refractivity contribution in [3.8, 4) is 0 Å². The van der Waals surface area contributed by atoms with Crippen LogP contribution in [0.25, 0.3) is 0 Å². The highest BCUT2D eigenvalue weighted by molar-refractivity contribution is 6.05. The fraction of sp³-hybridized carbons (Fsp3) is 0.300. The number of carbonyl (C=O) groups excluding carboxylic acids is 4. The van der Waals surface area contributed by atoms with Crippen molar-refractivity contribution in [2.75, 3.05) is 38.1 Å². The maximum atomic E-state index is 12.0. The molecule has 0 bridgehead atoms. The van der Waals surface area contributed by atoms with Crippen LogP contribution in [0, 0.1) is 0 Å². The molecule has 0 unspecified atom stereocenters. The lowest BCUT2D eigenvalue weighted by atomic mass is 10.2. The molecule has 2 N–H and O–H groups in total. The van der Waals surface area contributed by atoms with E-state index in [2.05, 4.69) is 20.1 Å². The van der Waals surface area contributed by atoms with Gasteiger partial charge in [0.1, 0.15) is 0 Å². The fourth-order valence-corrected chi connectivity index (χ4v) is 2.06. The molecule has 0 aliphatic heterocycles. The van der Waals surface area contributed by atoms with Crippen LogP contribution in [-0.4, -0.2) is 51.2 Å². The molecule has 0 fully saturated rings. The number of methoxy groups -OCH3 is 2. The summed E-state index contributed by atoms with van der Waals surface area (Å²) in [5, 5.41) is 5.11. The Bertz CT molecular complexity index is 759. The maximum absolute atomic E-state index is 12.0. The molecule has 10 heteroatoms. The summed E-state index contributed by atoms with van der Waals surface area (Å²) in [5.74, 6) is -3.16. The van der Waals surface area contributed by atoms with Crippen LogP contribution >= 0.6 is 0 Å². The molecule has 1 rings (SSSR count). The number of anilines is 2. The lowest BCUT2D eigenvalue weighted by molar-refractivity contribution is -0.141. The maximum Gasteiger partial charge on any atom is 0.373 e. The number of esters is 2. The average molecular weight is 420 g/mol. The van der Waals surface area contributed by atoms with E-state index < -0.39 is 23.8 Å². The monoisotopic (exact) mass is 420 g/mol. The second kappa shape index (κ2) is 12.6. The van der Waals surface area contributed by atoms with Crippen LogP contribution in [-0.2, 0) is 38.1 Å². The van der Waals surface area contributed by atoms with Crippen LogP contribution in [0.5, 0.6) is 0 Å². The summed E-state index contributed by atoms with van der Waals surface area (Å²) in [6.07, 6.45) is 1.97. The number of hydrogen-bond acceptors (Lipinski definition) is 8. The van der Waals surface area contributed by atoms with Gasteiger partial charge in [-0.25, -0.2) is 9.59 Å². The molecule has 0 heterocycles. The molecule has 1 aromatic carbocycles. The number of ether oxygens (including phenoxy) is 4. The number of nitrogens with one attached hydrogen (secondary N) is 2. The first kappa shape index (κ1) is 24.2. The molecular formula is C20H24N2O8. The second-order valence-corrected chi connectivity index (χ2v) is 5.42. The lowest BCUT2D eigenvalue weighted by Gasteiger charge is -2.08. The first-order chi connectivity index (χ1) is 14.3.